The third kappa shape index (κ3) is 9.04. The molecule has 352 valence electrons. The number of aromatic nitrogens is 3. The lowest BCUT2D eigenvalue weighted by Crippen LogP contribution is -2.07. The van der Waals surface area contributed by atoms with Gasteiger partial charge in [0, 0.05) is 23.3 Å². The van der Waals surface area contributed by atoms with Gasteiger partial charge in [0.05, 0.1) is 31.8 Å². The fraction of sp³-hybridized carbons (Fsp3) is 0.0526. The molecule has 3 heterocycles. The van der Waals surface area contributed by atoms with E-state index in [9.17, 15) is 72.2 Å². The van der Waals surface area contributed by atoms with Crippen LogP contribution < -0.4 is 5.32 Å². The Hall–Kier alpha value is -7.80. The van der Waals surface area contributed by atoms with Crippen molar-refractivity contribution < 1.29 is 66.9 Å². The SMILES string of the molecule is CC(=O)Nc1cc(N=Nc2c(S(=O)(=O)O)cc3c(S(=O)(=O)O)c(N=Nc4c(C)c(C#N)c5nc6ccccc6n5c4O)ccc3c2O)c(S(=O)(=O)O)cc1N=Nc1nc2ccc(S(=O)(=O)O)cc2s1. The summed E-state index contributed by atoms with van der Waals surface area (Å²) in [5.41, 5.74) is -2.85. The molecule has 0 unspecified atom stereocenters. The minimum atomic E-state index is -5.57. The van der Waals surface area contributed by atoms with Crippen LogP contribution in [0.15, 0.2) is 123 Å². The van der Waals surface area contributed by atoms with Gasteiger partial charge < -0.3 is 15.5 Å². The quantitative estimate of drug-likeness (QED) is 0.0476. The van der Waals surface area contributed by atoms with Crippen molar-refractivity contribution in [3.63, 3.8) is 0 Å². The van der Waals surface area contributed by atoms with E-state index in [0.29, 0.717) is 23.2 Å². The number of hydrogen-bond donors (Lipinski definition) is 7. The molecule has 26 nitrogen and oxygen atoms in total. The van der Waals surface area contributed by atoms with Crippen molar-refractivity contribution in [2.45, 2.75) is 33.4 Å². The van der Waals surface area contributed by atoms with Gasteiger partial charge in [0.15, 0.2) is 17.1 Å². The molecule has 0 fully saturated rings. The Kier molecular flexibility index (Phi) is 11.8. The summed E-state index contributed by atoms with van der Waals surface area (Å²) >= 11 is 0.790. The molecular weight excluding hydrogens is 1010 g/mol. The molecule has 0 bridgehead atoms. The topological polar surface area (TPSA) is 415 Å². The van der Waals surface area contributed by atoms with Gasteiger partial charge in [-0.25, -0.2) is 9.97 Å². The summed E-state index contributed by atoms with van der Waals surface area (Å²) < 4.78 is 142. The fourth-order valence-corrected chi connectivity index (χ4v) is 10.4. The molecule has 8 aromatic rings. The number of nitrogens with one attached hydrogen (secondary N) is 1. The van der Waals surface area contributed by atoms with Crippen LogP contribution in [0.25, 0.3) is 37.7 Å². The summed E-state index contributed by atoms with van der Waals surface area (Å²) in [5.74, 6) is -2.59. The highest BCUT2D eigenvalue weighted by molar-refractivity contribution is 7.87. The van der Waals surface area contributed by atoms with Crippen LogP contribution in [-0.4, -0.2) is 82.4 Å². The Morgan fingerprint density at radius 3 is 2.01 bits per heavy atom. The number of carbonyl (C=O) groups is 1. The van der Waals surface area contributed by atoms with Crippen LogP contribution in [0.1, 0.15) is 18.1 Å². The standard InChI is InChI=1S/C38H25N11O15S5/c1-16-21(15-39)36-41-22-5-3-4-6-28(22)49(36)37(52)32(16)46-43-24-10-8-19-20(35(24)69(62,63)64)12-31(68(59,60)61)33(34(19)51)47-45-27-13-25(40-17(2)50)26(14-30(27)67(56,57)58)44-48-38-42-23-9-7-18(66(53,54)55)11-29(23)65-38/h3-14,51-52H,1-2H3,(H,40,50)(H,53,54,55)(H,56,57,58)(H,59,60,61)(H,62,63,64). The number of nitrogens with zero attached hydrogens (tertiary/aromatic N) is 10. The maximum Gasteiger partial charge on any atom is 0.297 e. The van der Waals surface area contributed by atoms with E-state index in [1.54, 1.807) is 24.3 Å². The van der Waals surface area contributed by atoms with Crippen LogP contribution in [0, 0.1) is 18.3 Å². The number of para-hydroxylation sites is 2. The average molecular weight is 1040 g/mol. The van der Waals surface area contributed by atoms with Crippen LogP contribution >= 0.6 is 11.3 Å². The summed E-state index contributed by atoms with van der Waals surface area (Å²) in [6.07, 6.45) is 0. The number of phenols is 1. The van der Waals surface area contributed by atoms with Gasteiger partial charge in [-0.05, 0) is 67.6 Å². The zero-order valence-corrected chi connectivity index (χ0v) is 38.4. The molecule has 5 aromatic carbocycles. The zero-order chi connectivity index (χ0) is 50.1. The van der Waals surface area contributed by atoms with Crippen molar-refractivity contribution in [1.29, 1.82) is 5.26 Å². The number of benzene rings is 5. The molecular formula is C38H25N11O15S5. The number of fused-ring (bicyclic) bond motifs is 5. The van der Waals surface area contributed by atoms with Crippen LogP contribution in [0.5, 0.6) is 11.6 Å². The first kappa shape index (κ1) is 47.7. The minimum absolute atomic E-state index is 0.0445. The van der Waals surface area contributed by atoms with Crippen LogP contribution in [-0.2, 0) is 45.3 Å². The van der Waals surface area contributed by atoms with Gasteiger partial charge in [0.25, 0.3) is 40.5 Å². The summed E-state index contributed by atoms with van der Waals surface area (Å²) in [7, 11) is -21.0. The van der Waals surface area contributed by atoms with E-state index in [4.69, 9.17) is 0 Å². The normalized spacial score (nSPS) is 12.9. The lowest BCUT2D eigenvalue weighted by atomic mass is 10.1. The van der Waals surface area contributed by atoms with Gasteiger partial charge in [-0.2, -0.15) is 38.9 Å². The number of amides is 1. The predicted molar refractivity (Wildman–Crippen MR) is 242 cm³/mol. The number of hydrogen-bond acceptors (Lipinski definition) is 21. The van der Waals surface area contributed by atoms with Crippen LogP contribution in [0.4, 0.5) is 39.3 Å². The van der Waals surface area contributed by atoms with E-state index in [1.807, 2.05) is 6.07 Å². The largest absolute Gasteiger partial charge is 0.505 e. The highest BCUT2D eigenvalue weighted by Crippen LogP contribution is 2.47. The molecule has 0 saturated heterocycles. The molecule has 0 radical (unpaired) electrons. The van der Waals surface area contributed by atoms with Gasteiger partial charge in [-0.1, -0.05) is 23.5 Å². The van der Waals surface area contributed by atoms with E-state index in [2.05, 4.69) is 46.0 Å². The lowest BCUT2D eigenvalue weighted by molar-refractivity contribution is -0.114. The molecule has 0 aliphatic heterocycles. The van der Waals surface area contributed by atoms with Crippen molar-refractivity contribution in [1.82, 2.24) is 14.4 Å². The molecule has 31 heteroatoms. The number of rotatable bonds is 11. The third-order valence-electron chi connectivity index (χ3n) is 9.82. The molecule has 69 heavy (non-hydrogen) atoms. The van der Waals surface area contributed by atoms with Gasteiger partial charge in [-0.3, -0.25) is 27.4 Å². The maximum atomic E-state index is 13.0. The molecule has 1 amide bonds. The minimum Gasteiger partial charge on any atom is -0.505 e. The first-order valence-corrected chi connectivity index (χ1v) is 25.2. The number of anilines is 1. The number of carbonyl (C=O) groups excluding carboxylic acids is 1. The highest BCUT2D eigenvalue weighted by atomic mass is 32.2. The van der Waals surface area contributed by atoms with Crippen molar-refractivity contribution in [3.8, 4) is 17.7 Å². The molecule has 0 aliphatic rings. The van der Waals surface area contributed by atoms with Crippen molar-refractivity contribution in [3.05, 3.63) is 83.9 Å². The smallest absolute Gasteiger partial charge is 0.297 e. The number of phenolic OH excluding ortho intramolecular Hbond substituents is 1. The average Bonchev–Trinajstić information content (AvgIpc) is 3.85. The highest BCUT2D eigenvalue weighted by Gasteiger charge is 2.29. The summed E-state index contributed by atoms with van der Waals surface area (Å²) in [4.78, 5) is 16.7. The Morgan fingerprint density at radius 1 is 0.696 bits per heavy atom. The van der Waals surface area contributed by atoms with Gasteiger partial charge in [-0.15, -0.1) is 30.7 Å². The number of thiazole rings is 1. The number of imidazole rings is 1. The van der Waals surface area contributed by atoms with Crippen molar-refractivity contribution >= 4 is 135 Å². The summed E-state index contributed by atoms with van der Waals surface area (Å²) in [6.45, 7) is 2.43. The van der Waals surface area contributed by atoms with Gasteiger partial charge in [0.2, 0.25) is 16.9 Å². The Balaban J connectivity index is 1.25. The second-order valence-corrected chi connectivity index (χ2v) is 20.8. The second-order valence-electron chi connectivity index (χ2n) is 14.3. The molecule has 0 spiro atoms. The van der Waals surface area contributed by atoms with Crippen LogP contribution in [0.3, 0.4) is 0 Å². The number of azo groups is 3. The molecule has 0 saturated carbocycles. The van der Waals surface area contributed by atoms with E-state index < -0.39 is 111 Å². The van der Waals surface area contributed by atoms with E-state index in [1.165, 1.54) is 17.4 Å². The van der Waals surface area contributed by atoms with E-state index >= 15 is 0 Å². The first-order valence-electron chi connectivity index (χ1n) is 18.6. The Bertz CT molecular complexity index is 4200. The molecule has 0 aliphatic carbocycles. The Labute approximate surface area is 390 Å². The molecule has 7 N–H and O–H groups in total. The summed E-state index contributed by atoms with van der Waals surface area (Å²) in [6, 6.07) is 15.7. The van der Waals surface area contributed by atoms with Gasteiger partial charge >= 0.3 is 0 Å². The molecule has 0 atom stereocenters. The maximum absolute atomic E-state index is 13.0. The molecule has 8 rings (SSSR count). The number of nitriles is 1. The van der Waals surface area contributed by atoms with Crippen LogP contribution in [0.2, 0.25) is 0 Å². The van der Waals surface area contributed by atoms with Crippen molar-refractivity contribution in [2.24, 2.45) is 30.7 Å². The number of aromatic hydroxyl groups is 2. The molecule has 3 aromatic heterocycles. The van der Waals surface area contributed by atoms with Crippen molar-refractivity contribution in [2.75, 3.05) is 5.32 Å². The van der Waals surface area contributed by atoms with E-state index in [0.717, 1.165) is 48.6 Å². The van der Waals surface area contributed by atoms with E-state index in [-0.39, 0.29) is 43.5 Å². The predicted octanol–water partition coefficient (Wildman–Crippen LogP) is 8.03. The Morgan fingerprint density at radius 2 is 1.36 bits per heavy atom. The monoisotopic (exact) mass is 1040 g/mol. The zero-order valence-electron chi connectivity index (χ0n) is 34.3. The fourth-order valence-electron chi connectivity index (χ4n) is 6.86. The number of pyridine rings is 1. The summed E-state index contributed by atoms with van der Waals surface area (Å²) in [5, 5.41) is 56.6. The first-order chi connectivity index (χ1) is 32.3. The third-order valence-corrected chi connectivity index (χ3v) is 14.3. The second kappa shape index (κ2) is 17.1. The lowest BCUT2D eigenvalue weighted by Gasteiger charge is -2.13. The van der Waals surface area contributed by atoms with Gasteiger partial charge in [0.1, 0.15) is 49.1 Å².